The number of rotatable bonds is 3. The van der Waals surface area contributed by atoms with Crippen LogP contribution in [0.15, 0.2) is 24.3 Å². The van der Waals surface area contributed by atoms with E-state index in [-0.39, 0.29) is 0 Å². The first-order valence-corrected chi connectivity index (χ1v) is 5.61. The summed E-state index contributed by atoms with van der Waals surface area (Å²) >= 11 is 0. The zero-order valence-electron chi connectivity index (χ0n) is 8.87. The fourth-order valence-corrected chi connectivity index (χ4v) is 1.77. The maximum absolute atomic E-state index is 5.46. The third kappa shape index (κ3) is 2.34. The second-order valence-corrected chi connectivity index (χ2v) is 4.18. The van der Waals surface area contributed by atoms with Gasteiger partial charge in [-0.25, -0.2) is 0 Å². The van der Waals surface area contributed by atoms with Gasteiger partial charge in [-0.3, -0.25) is 0 Å². The molecule has 0 N–H and O–H groups in total. The van der Waals surface area contributed by atoms with Gasteiger partial charge in [0.2, 0.25) is 10.5 Å². The fraction of sp³-hybridized carbons (Fsp3) is 0.455. The van der Waals surface area contributed by atoms with E-state index in [9.17, 15) is 0 Å². The number of benzene rings is 1. The molecule has 0 aromatic heterocycles. The van der Waals surface area contributed by atoms with E-state index >= 15 is 0 Å². The monoisotopic (exact) mass is 194 g/mol. The van der Waals surface area contributed by atoms with Crippen molar-refractivity contribution >= 4 is 10.5 Å². The number of para-hydroxylation sites is 1. The SMILES string of the molecule is CC(C)C(C)c1ccccc1O[SiH3]. The Bertz CT molecular complexity index is 271. The lowest BCUT2D eigenvalue weighted by atomic mass is 9.90. The normalized spacial score (nSPS) is 13.2. The lowest BCUT2D eigenvalue weighted by molar-refractivity contribution is 0.511. The highest BCUT2D eigenvalue weighted by Crippen LogP contribution is 2.30. The molecule has 13 heavy (non-hydrogen) atoms. The molecule has 1 nitrogen and oxygen atoms in total. The van der Waals surface area contributed by atoms with Gasteiger partial charge in [0.05, 0.1) is 0 Å². The van der Waals surface area contributed by atoms with Gasteiger partial charge in [0.25, 0.3) is 0 Å². The maximum atomic E-state index is 5.46. The summed E-state index contributed by atoms with van der Waals surface area (Å²) in [5, 5.41) is 0. The van der Waals surface area contributed by atoms with Crippen molar-refractivity contribution in [2.75, 3.05) is 0 Å². The minimum Gasteiger partial charge on any atom is -0.553 e. The topological polar surface area (TPSA) is 9.23 Å². The van der Waals surface area contributed by atoms with E-state index in [0.29, 0.717) is 11.8 Å². The summed E-state index contributed by atoms with van der Waals surface area (Å²) < 4.78 is 5.46. The molecule has 0 aliphatic rings. The van der Waals surface area contributed by atoms with Gasteiger partial charge in [-0.15, -0.1) is 0 Å². The van der Waals surface area contributed by atoms with Crippen LogP contribution in [0.25, 0.3) is 0 Å². The zero-order chi connectivity index (χ0) is 9.84. The van der Waals surface area contributed by atoms with Crippen LogP contribution in [-0.4, -0.2) is 10.5 Å². The van der Waals surface area contributed by atoms with Gasteiger partial charge in [-0.1, -0.05) is 39.0 Å². The van der Waals surface area contributed by atoms with Gasteiger partial charge >= 0.3 is 0 Å². The van der Waals surface area contributed by atoms with Gasteiger partial charge in [-0.05, 0) is 23.5 Å². The Morgan fingerprint density at radius 1 is 1.15 bits per heavy atom. The molecule has 1 rings (SSSR count). The highest BCUT2D eigenvalue weighted by molar-refractivity contribution is 6.00. The lowest BCUT2D eigenvalue weighted by Gasteiger charge is -2.18. The smallest absolute Gasteiger partial charge is 0.204 e. The second kappa shape index (κ2) is 4.47. The molecular weight excluding hydrogens is 176 g/mol. The van der Waals surface area contributed by atoms with Crippen molar-refractivity contribution in [3.05, 3.63) is 29.8 Å². The van der Waals surface area contributed by atoms with E-state index in [1.54, 1.807) is 0 Å². The largest absolute Gasteiger partial charge is 0.553 e. The Morgan fingerprint density at radius 3 is 2.31 bits per heavy atom. The van der Waals surface area contributed by atoms with Crippen molar-refractivity contribution in [3.63, 3.8) is 0 Å². The highest BCUT2D eigenvalue weighted by Gasteiger charge is 2.13. The molecular formula is C11H18OSi. The van der Waals surface area contributed by atoms with Crippen LogP contribution in [0, 0.1) is 5.92 Å². The van der Waals surface area contributed by atoms with Crippen molar-refractivity contribution < 1.29 is 4.43 Å². The molecule has 0 aliphatic heterocycles. The third-order valence-electron chi connectivity index (χ3n) is 2.63. The van der Waals surface area contributed by atoms with Crippen molar-refractivity contribution in [1.29, 1.82) is 0 Å². The van der Waals surface area contributed by atoms with E-state index in [4.69, 9.17) is 4.43 Å². The molecule has 1 unspecified atom stereocenters. The molecule has 0 spiro atoms. The molecule has 1 aromatic carbocycles. The van der Waals surface area contributed by atoms with Gasteiger partial charge in [0.15, 0.2) is 0 Å². The van der Waals surface area contributed by atoms with Crippen molar-refractivity contribution in [2.24, 2.45) is 5.92 Å². The number of hydrogen-bond donors (Lipinski definition) is 0. The van der Waals surface area contributed by atoms with Crippen molar-refractivity contribution in [3.8, 4) is 5.75 Å². The van der Waals surface area contributed by atoms with Gasteiger partial charge < -0.3 is 4.43 Å². The first-order chi connectivity index (χ1) is 6.16. The summed E-state index contributed by atoms with van der Waals surface area (Å²) in [4.78, 5) is 0. The van der Waals surface area contributed by atoms with Crippen LogP contribution in [0.1, 0.15) is 32.3 Å². The molecule has 72 valence electrons. The molecule has 2 heteroatoms. The Hall–Kier alpha value is -0.763. The Morgan fingerprint density at radius 2 is 1.77 bits per heavy atom. The Kier molecular flexibility index (Phi) is 3.55. The molecule has 0 saturated heterocycles. The highest BCUT2D eigenvalue weighted by atomic mass is 28.2. The van der Waals surface area contributed by atoms with E-state index in [0.717, 1.165) is 16.2 Å². The van der Waals surface area contributed by atoms with Crippen LogP contribution in [-0.2, 0) is 0 Å². The summed E-state index contributed by atoms with van der Waals surface area (Å²) in [5.41, 5.74) is 1.34. The molecule has 0 radical (unpaired) electrons. The van der Waals surface area contributed by atoms with Crippen LogP contribution < -0.4 is 4.43 Å². The summed E-state index contributed by atoms with van der Waals surface area (Å²) in [6.45, 7) is 6.74. The average molecular weight is 194 g/mol. The predicted octanol–water partition coefficient (Wildman–Crippen LogP) is 2.11. The van der Waals surface area contributed by atoms with E-state index < -0.39 is 0 Å². The average Bonchev–Trinajstić information content (AvgIpc) is 2.16. The standard InChI is InChI=1S/C11H18OSi/c1-8(2)9(3)10-6-4-5-7-11(10)12-13/h4-9H,1-3,13H3. The van der Waals surface area contributed by atoms with Crippen molar-refractivity contribution in [2.45, 2.75) is 26.7 Å². The van der Waals surface area contributed by atoms with Gasteiger partial charge in [0, 0.05) is 0 Å². The van der Waals surface area contributed by atoms with Crippen LogP contribution in [0.3, 0.4) is 0 Å². The molecule has 0 amide bonds. The van der Waals surface area contributed by atoms with E-state index in [1.165, 1.54) is 5.56 Å². The van der Waals surface area contributed by atoms with Crippen LogP contribution in [0.5, 0.6) is 5.75 Å². The van der Waals surface area contributed by atoms with Gasteiger partial charge in [-0.2, -0.15) is 0 Å². The van der Waals surface area contributed by atoms with Crippen LogP contribution in [0.2, 0.25) is 0 Å². The first kappa shape index (κ1) is 10.3. The number of hydrogen-bond acceptors (Lipinski definition) is 1. The predicted molar refractivity (Wildman–Crippen MR) is 60.3 cm³/mol. The second-order valence-electron chi connectivity index (χ2n) is 3.77. The quantitative estimate of drug-likeness (QED) is 0.670. The summed E-state index contributed by atoms with van der Waals surface area (Å²) in [6.07, 6.45) is 0. The summed E-state index contributed by atoms with van der Waals surface area (Å²) in [7, 11) is 0.767. The fourth-order valence-electron chi connectivity index (χ4n) is 1.40. The van der Waals surface area contributed by atoms with Crippen LogP contribution in [0.4, 0.5) is 0 Å². The van der Waals surface area contributed by atoms with Gasteiger partial charge in [0.1, 0.15) is 5.75 Å². The van der Waals surface area contributed by atoms with Crippen molar-refractivity contribution in [1.82, 2.24) is 0 Å². The molecule has 0 heterocycles. The molecule has 1 aromatic rings. The van der Waals surface area contributed by atoms with E-state index in [1.807, 2.05) is 6.07 Å². The minimum absolute atomic E-state index is 0.574. The zero-order valence-corrected chi connectivity index (χ0v) is 10.9. The minimum atomic E-state index is 0.574. The molecule has 0 saturated carbocycles. The Labute approximate surface area is 83.7 Å². The molecule has 0 fully saturated rings. The molecule has 0 aliphatic carbocycles. The molecule has 1 atom stereocenters. The lowest BCUT2D eigenvalue weighted by Crippen LogP contribution is -2.04. The summed E-state index contributed by atoms with van der Waals surface area (Å²) in [5.74, 6) is 2.30. The summed E-state index contributed by atoms with van der Waals surface area (Å²) in [6, 6.07) is 8.33. The van der Waals surface area contributed by atoms with E-state index in [2.05, 4.69) is 39.0 Å². The third-order valence-corrected chi connectivity index (χ3v) is 3.07. The Balaban J connectivity index is 2.98. The van der Waals surface area contributed by atoms with Crippen LogP contribution >= 0.6 is 0 Å². The molecule has 0 bridgehead atoms. The first-order valence-electron chi connectivity index (χ1n) is 4.79. The maximum Gasteiger partial charge on any atom is 0.204 e.